The first-order chi connectivity index (χ1) is 9.08. The van der Waals surface area contributed by atoms with Gasteiger partial charge in [0.05, 0.1) is 0 Å². The predicted octanol–water partition coefficient (Wildman–Crippen LogP) is 3.36. The summed E-state index contributed by atoms with van der Waals surface area (Å²) < 4.78 is 4.38. The topological polar surface area (TPSA) is 8.29 Å². The lowest BCUT2D eigenvalue weighted by Crippen LogP contribution is -2.34. The van der Waals surface area contributed by atoms with Crippen LogP contribution in [-0.4, -0.2) is 4.52 Å². The van der Waals surface area contributed by atoms with Gasteiger partial charge in [-0.3, -0.25) is 0 Å². The maximum absolute atomic E-state index is 2.27. The van der Waals surface area contributed by atoms with Crippen molar-refractivity contribution >= 4 is 5.52 Å². The quantitative estimate of drug-likeness (QED) is 0.586. The van der Waals surface area contributed by atoms with E-state index in [1.807, 2.05) is 0 Å². The average molecular weight is 251 g/mol. The van der Waals surface area contributed by atoms with E-state index in [4.69, 9.17) is 0 Å². The van der Waals surface area contributed by atoms with Gasteiger partial charge in [-0.2, -0.15) is 0 Å². The molecule has 0 saturated heterocycles. The number of fused-ring (bicyclic) bond motifs is 1. The van der Waals surface area contributed by atoms with Crippen LogP contribution in [0, 0.1) is 20.8 Å². The third-order valence-electron chi connectivity index (χ3n) is 3.86. The Hall–Kier alpha value is -2.09. The Morgan fingerprint density at radius 3 is 2.58 bits per heavy atom. The first kappa shape index (κ1) is 12.0. The molecule has 96 valence electrons. The summed E-state index contributed by atoms with van der Waals surface area (Å²) in [7, 11) is 2.08. The molecule has 3 aromatic rings. The Bertz CT molecular complexity index is 766. The van der Waals surface area contributed by atoms with Gasteiger partial charge in [-0.25, -0.2) is 0 Å². The Morgan fingerprint density at radius 2 is 1.79 bits per heavy atom. The van der Waals surface area contributed by atoms with E-state index >= 15 is 0 Å². The summed E-state index contributed by atoms with van der Waals surface area (Å²) in [5.41, 5.74) is 7.79. The number of aryl methyl sites for hydroxylation is 3. The molecule has 0 spiro atoms. The third kappa shape index (κ3) is 1.84. The largest absolute Gasteiger partial charge is 0.196 e. The second-order valence-electron chi connectivity index (χ2n) is 5.29. The van der Waals surface area contributed by atoms with Crippen molar-refractivity contribution in [3.63, 3.8) is 0 Å². The van der Waals surface area contributed by atoms with Crippen LogP contribution in [0.2, 0.25) is 0 Å². The van der Waals surface area contributed by atoms with Gasteiger partial charge in [-0.15, -0.1) is 9.20 Å². The molecule has 3 rings (SSSR count). The molecule has 0 bridgehead atoms. The van der Waals surface area contributed by atoms with Crippen molar-refractivity contribution in [1.29, 1.82) is 0 Å². The molecule has 0 N–H and O–H groups in total. The molecule has 0 atom stereocenters. The van der Waals surface area contributed by atoms with Crippen LogP contribution in [0.1, 0.15) is 16.7 Å². The number of benzene rings is 1. The maximum atomic E-state index is 2.27. The van der Waals surface area contributed by atoms with Gasteiger partial charge in [0.1, 0.15) is 11.2 Å². The smallest absolute Gasteiger partial charge is 0.121 e. The van der Waals surface area contributed by atoms with Crippen LogP contribution in [0.25, 0.3) is 16.8 Å². The molecular weight excluding hydrogens is 232 g/mol. The van der Waals surface area contributed by atoms with Crippen LogP contribution in [0.15, 0.2) is 42.6 Å². The lowest BCUT2D eigenvalue weighted by Gasteiger charge is -2.11. The van der Waals surface area contributed by atoms with Gasteiger partial charge in [0.15, 0.2) is 13.2 Å². The van der Waals surface area contributed by atoms with Gasteiger partial charge in [-0.1, -0.05) is 17.7 Å². The molecule has 1 aromatic carbocycles. The number of aromatic nitrogens is 2. The minimum atomic E-state index is 1.22. The lowest BCUT2D eigenvalue weighted by atomic mass is 9.97. The van der Waals surface area contributed by atoms with E-state index in [1.165, 1.54) is 33.5 Å². The molecule has 2 aromatic heterocycles. The van der Waals surface area contributed by atoms with E-state index in [9.17, 15) is 0 Å². The van der Waals surface area contributed by atoms with Gasteiger partial charge in [0.2, 0.25) is 0 Å². The molecule has 19 heavy (non-hydrogen) atoms. The highest BCUT2D eigenvalue weighted by molar-refractivity contribution is 5.69. The van der Waals surface area contributed by atoms with Crippen molar-refractivity contribution in [3.05, 3.63) is 59.3 Å². The van der Waals surface area contributed by atoms with Crippen LogP contribution < -0.4 is 4.68 Å². The summed E-state index contributed by atoms with van der Waals surface area (Å²) in [4.78, 5) is 0. The van der Waals surface area contributed by atoms with Crippen LogP contribution in [0.4, 0.5) is 0 Å². The van der Waals surface area contributed by atoms with Gasteiger partial charge < -0.3 is 0 Å². The summed E-state index contributed by atoms with van der Waals surface area (Å²) in [6.07, 6.45) is 2.09. The van der Waals surface area contributed by atoms with Crippen LogP contribution in [-0.2, 0) is 7.05 Å². The number of nitrogens with zero attached hydrogens (tertiary/aromatic N) is 2. The molecule has 2 heteroatoms. The third-order valence-corrected chi connectivity index (χ3v) is 3.86. The Morgan fingerprint density at radius 1 is 1.00 bits per heavy atom. The van der Waals surface area contributed by atoms with Gasteiger partial charge >= 0.3 is 0 Å². The Labute approximate surface area is 113 Å². The van der Waals surface area contributed by atoms with E-state index in [-0.39, 0.29) is 0 Å². The number of hydrogen-bond donors (Lipinski definition) is 0. The predicted molar refractivity (Wildman–Crippen MR) is 78.2 cm³/mol. The fourth-order valence-corrected chi connectivity index (χ4v) is 2.76. The van der Waals surface area contributed by atoms with Crippen molar-refractivity contribution < 1.29 is 4.68 Å². The van der Waals surface area contributed by atoms with E-state index in [1.54, 1.807) is 0 Å². The second kappa shape index (κ2) is 4.23. The van der Waals surface area contributed by atoms with E-state index in [2.05, 4.69) is 79.6 Å². The highest BCUT2D eigenvalue weighted by Crippen LogP contribution is 2.27. The summed E-state index contributed by atoms with van der Waals surface area (Å²) in [5.74, 6) is 0. The molecule has 0 unspecified atom stereocenters. The van der Waals surface area contributed by atoms with Crippen molar-refractivity contribution in [2.45, 2.75) is 20.8 Å². The lowest BCUT2D eigenvalue weighted by molar-refractivity contribution is -0.736. The zero-order valence-electron chi connectivity index (χ0n) is 11.9. The normalized spacial score (nSPS) is 11.2. The zero-order chi connectivity index (χ0) is 13.6. The Balaban J connectivity index is 2.39. The Kier molecular flexibility index (Phi) is 2.67. The first-order valence-electron chi connectivity index (χ1n) is 6.62. The molecule has 0 aliphatic carbocycles. The second-order valence-corrected chi connectivity index (χ2v) is 5.29. The maximum Gasteiger partial charge on any atom is 0.196 e. The molecule has 0 aliphatic heterocycles. The average Bonchev–Trinajstić information content (AvgIpc) is 2.76. The van der Waals surface area contributed by atoms with Crippen LogP contribution >= 0.6 is 0 Å². The van der Waals surface area contributed by atoms with Crippen molar-refractivity contribution in [2.24, 2.45) is 7.05 Å². The van der Waals surface area contributed by atoms with Crippen LogP contribution in [0.5, 0.6) is 0 Å². The van der Waals surface area contributed by atoms with Gasteiger partial charge in [-0.05, 0) is 50.1 Å². The molecular formula is C17H19N2+. The van der Waals surface area contributed by atoms with E-state index in [0.29, 0.717) is 0 Å². The molecule has 2 nitrogen and oxygen atoms in total. The standard InChI is InChI=1S/C17H19N2/c1-12-10-13(2)14(3)16(11-12)17-7-5-6-15-8-9-18(4)19(15)17/h5-11H,1-4H3/q+1. The summed E-state index contributed by atoms with van der Waals surface area (Å²) in [6, 6.07) is 13.1. The summed E-state index contributed by atoms with van der Waals surface area (Å²) in [5, 5.41) is 0. The highest BCUT2D eigenvalue weighted by atomic mass is 15.3. The van der Waals surface area contributed by atoms with Gasteiger partial charge in [0.25, 0.3) is 0 Å². The minimum absolute atomic E-state index is 1.22. The van der Waals surface area contributed by atoms with Crippen molar-refractivity contribution in [2.75, 3.05) is 0 Å². The molecule has 0 fully saturated rings. The zero-order valence-corrected chi connectivity index (χ0v) is 11.9. The van der Waals surface area contributed by atoms with Crippen molar-refractivity contribution in [1.82, 2.24) is 4.52 Å². The SMILES string of the molecule is Cc1cc(C)c(C)c(-c2cccc3cc[n+](C)n23)c1. The van der Waals surface area contributed by atoms with Gasteiger partial charge in [0, 0.05) is 11.6 Å². The summed E-state index contributed by atoms with van der Waals surface area (Å²) >= 11 is 0. The van der Waals surface area contributed by atoms with Crippen molar-refractivity contribution in [3.8, 4) is 11.3 Å². The number of rotatable bonds is 1. The van der Waals surface area contributed by atoms with Crippen LogP contribution in [0.3, 0.4) is 0 Å². The fraction of sp³-hybridized carbons (Fsp3) is 0.235. The number of hydrogen-bond acceptors (Lipinski definition) is 0. The molecule has 0 aliphatic rings. The monoisotopic (exact) mass is 251 g/mol. The first-order valence-corrected chi connectivity index (χ1v) is 6.62. The molecule has 0 radical (unpaired) electrons. The highest BCUT2D eigenvalue weighted by Gasteiger charge is 2.13. The summed E-state index contributed by atoms with van der Waals surface area (Å²) in [6.45, 7) is 6.54. The molecule has 0 amide bonds. The van der Waals surface area contributed by atoms with E-state index < -0.39 is 0 Å². The minimum Gasteiger partial charge on any atom is -0.121 e. The fourth-order valence-electron chi connectivity index (χ4n) is 2.76. The number of pyridine rings is 1. The molecule has 0 saturated carbocycles. The molecule has 2 heterocycles. The van der Waals surface area contributed by atoms with E-state index in [0.717, 1.165) is 0 Å².